The van der Waals surface area contributed by atoms with E-state index in [2.05, 4.69) is 5.32 Å². The van der Waals surface area contributed by atoms with Crippen LogP contribution >= 0.6 is 0 Å². The lowest BCUT2D eigenvalue weighted by Gasteiger charge is -2.34. The molecule has 0 radical (unpaired) electrons. The first-order chi connectivity index (χ1) is 22.8. The lowest BCUT2D eigenvalue weighted by atomic mass is 9.98. The Morgan fingerprint density at radius 3 is 2.08 bits per heavy atom. The highest BCUT2D eigenvalue weighted by Gasteiger charge is 2.35. The summed E-state index contributed by atoms with van der Waals surface area (Å²) in [4.78, 5) is 44.2. The van der Waals surface area contributed by atoms with Gasteiger partial charge in [-0.3, -0.25) is 14.4 Å². The van der Waals surface area contributed by atoms with Gasteiger partial charge in [-0.25, -0.2) is 8.78 Å². The summed E-state index contributed by atoms with van der Waals surface area (Å²) in [5.74, 6) is -3.37. The van der Waals surface area contributed by atoms with Crippen LogP contribution in [0.5, 0.6) is 0 Å². The van der Waals surface area contributed by atoms with Crippen molar-refractivity contribution < 1.29 is 23.2 Å². The molecule has 2 atom stereocenters. The molecular formula is C39H44F2N4O3. The van der Waals surface area contributed by atoms with Crippen LogP contribution in [0.15, 0.2) is 103 Å². The number of likely N-dealkylation sites (N-methyl/N-ethyl adjacent to an activating group) is 2. The molecule has 0 spiro atoms. The van der Waals surface area contributed by atoms with Gasteiger partial charge in [0.1, 0.15) is 12.1 Å². The third kappa shape index (κ3) is 10.1. The maximum absolute atomic E-state index is 14.4. The minimum atomic E-state index is -1.07. The molecular weight excluding hydrogens is 610 g/mol. The fourth-order valence-electron chi connectivity index (χ4n) is 5.49. The second-order valence-electron chi connectivity index (χ2n) is 12.9. The fraction of sp³-hybridized carbons (Fsp3) is 0.308. The summed E-state index contributed by atoms with van der Waals surface area (Å²) in [5.41, 5.74) is 7.77. The number of fused-ring (bicyclic) bond motifs is 1. The molecule has 0 fully saturated rings. The van der Waals surface area contributed by atoms with Crippen LogP contribution in [-0.2, 0) is 33.6 Å². The molecule has 0 saturated heterocycles. The number of carbonyl (C=O) groups excluding carboxylic acids is 3. The summed E-state index contributed by atoms with van der Waals surface area (Å²) < 4.78 is 28.0. The van der Waals surface area contributed by atoms with Crippen LogP contribution in [0.3, 0.4) is 0 Å². The Labute approximate surface area is 281 Å². The Kier molecular flexibility index (Phi) is 12.2. The largest absolute Gasteiger partial charge is 0.354 e. The lowest BCUT2D eigenvalue weighted by molar-refractivity contribution is -0.146. The van der Waals surface area contributed by atoms with Crippen molar-refractivity contribution in [1.29, 1.82) is 0 Å². The zero-order chi connectivity index (χ0) is 34.8. The number of amides is 3. The number of rotatable bonds is 14. The van der Waals surface area contributed by atoms with Crippen LogP contribution < -0.4 is 11.1 Å². The number of hydrogen-bond acceptors (Lipinski definition) is 4. The zero-order valence-corrected chi connectivity index (χ0v) is 28.0. The van der Waals surface area contributed by atoms with Crippen LogP contribution in [0.2, 0.25) is 0 Å². The molecule has 0 aliphatic rings. The zero-order valence-electron chi connectivity index (χ0n) is 28.0. The summed E-state index contributed by atoms with van der Waals surface area (Å²) in [7, 11) is 3.06. The molecule has 4 aromatic carbocycles. The first kappa shape index (κ1) is 36.0. The summed E-state index contributed by atoms with van der Waals surface area (Å²) in [6, 6.07) is 24.7. The van der Waals surface area contributed by atoms with Crippen molar-refractivity contribution in [2.75, 3.05) is 20.6 Å². The van der Waals surface area contributed by atoms with Gasteiger partial charge < -0.3 is 20.9 Å². The second kappa shape index (κ2) is 16.3. The molecule has 0 aliphatic carbocycles. The molecule has 3 N–H and O–H groups in total. The number of nitrogens with zero attached hydrogens (tertiary/aromatic N) is 2. The quantitative estimate of drug-likeness (QED) is 0.173. The summed E-state index contributed by atoms with van der Waals surface area (Å²) in [5, 5.41) is 4.94. The lowest BCUT2D eigenvalue weighted by Crippen LogP contribution is -2.56. The average Bonchev–Trinajstić information content (AvgIpc) is 3.06. The van der Waals surface area contributed by atoms with Crippen molar-refractivity contribution in [1.82, 2.24) is 15.1 Å². The van der Waals surface area contributed by atoms with E-state index in [1.807, 2.05) is 86.6 Å². The Hall–Kier alpha value is -4.89. The summed E-state index contributed by atoms with van der Waals surface area (Å²) in [6.07, 6.45) is 4.23. The molecule has 0 aliphatic heterocycles. The van der Waals surface area contributed by atoms with Gasteiger partial charge in [-0.15, -0.1) is 0 Å². The number of carbonyl (C=O) groups is 3. The van der Waals surface area contributed by atoms with Gasteiger partial charge in [-0.1, -0.05) is 84.9 Å². The summed E-state index contributed by atoms with van der Waals surface area (Å²) >= 11 is 0. The molecule has 48 heavy (non-hydrogen) atoms. The van der Waals surface area contributed by atoms with E-state index >= 15 is 0 Å². The number of hydrogen-bond donors (Lipinski definition) is 2. The minimum Gasteiger partial charge on any atom is -0.354 e. The molecule has 9 heteroatoms. The number of halogens is 2. The van der Waals surface area contributed by atoms with E-state index < -0.39 is 47.0 Å². The number of nitrogens with two attached hydrogens (primary N) is 1. The van der Waals surface area contributed by atoms with Crippen molar-refractivity contribution in [3.8, 4) is 0 Å². The number of nitrogens with one attached hydrogen (secondary N) is 1. The third-order valence-corrected chi connectivity index (χ3v) is 8.33. The maximum atomic E-state index is 14.4. The molecule has 3 amide bonds. The SMILES string of the molecule is CN(C(=O)C=CCC(C)(C)N)[C@H](Cc1ccc2ccccc2c1)C(=O)N(C)[C@H](Cc1ccc(F)c(F)c1)C(=O)NCCc1ccccc1. The van der Waals surface area contributed by atoms with Gasteiger partial charge in [0.15, 0.2) is 11.6 Å². The monoisotopic (exact) mass is 654 g/mol. The average molecular weight is 655 g/mol. The van der Waals surface area contributed by atoms with Crippen LogP contribution in [0.4, 0.5) is 8.78 Å². The fourth-order valence-corrected chi connectivity index (χ4v) is 5.49. The highest BCUT2D eigenvalue weighted by Crippen LogP contribution is 2.21. The minimum absolute atomic E-state index is 0.0670. The van der Waals surface area contributed by atoms with Gasteiger partial charge in [0.2, 0.25) is 17.7 Å². The Bertz CT molecular complexity index is 1750. The topological polar surface area (TPSA) is 95.7 Å². The van der Waals surface area contributed by atoms with Crippen LogP contribution in [-0.4, -0.2) is 65.8 Å². The van der Waals surface area contributed by atoms with Gasteiger partial charge in [0, 0.05) is 39.0 Å². The van der Waals surface area contributed by atoms with Crippen LogP contribution in [0, 0.1) is 11.6 Å². The van der Waals surface area contributed by atoms with E-state index in [1.165, 1.54) is 29.0 Å². The summed E-state index contributed by atoms with van der Waals surface area (Å²) in [6.45, 7) is 4.01. The van der Waals surface area contributed by atoms with Gasteiger partial charge >= 0.3 is 0 Å². The molecule has 0 heterocycles. The van der Waals surface area contributed by atoms with E-state index in [1.54, 1.807) is 13.1 Å². The predicted octanol–water partition coefficient (Wildman–Crippen LogP) is 5.60. The molecule has 0 saturated carbocycles. The van der Waals surface area contributed by atoms with Crippen molar-refractivity contribution in [3.05, 3.63) is 131 Å². The van der Waals surface area contributed by atoms with E-state index in [0.717, 1.165) is 34.0 Å². The van der Waals surface area contributed by atoms with Crippen molar-refractivity contribution in [3.63, 3.8) is 0 Å². The van der Waals surface area contributed by atoms with Gasteiger partial charge in [0.05, 0.1) is 0 Å². The first-order valence-corrected chi connectivity index (χ1v) is 16.0. The maximum Gasteiger partial charge on any atom is 0.246 e. The molecule has 0 bridgehead atoms. The predicted molar refractivity (Wildman–Crippen MR) is 186 cm³/mol. The van der Waals surface area contributed by atoms with E-state index in [9.17, 15) is 23.2 Å². The van der Waals surface area contributed by atoms with Crippen molar-refractivity contribution in [2.45, 2.75) is 57.2 Å². The van der Waals surface area contributed by atoms with Gasteiger partial charge in [-0.05, 0) is 72.4 Å². The Morgan fingerprint density at radius 2 is 1.40 bits per heavy atom. The van der Waals surface area contributed by atoms with Crippen molar-refractivity contribution >= 4 is 28.5 Å². The molecule has 252 valence electrons. The smallest absolute Gasteiger partial charge is 0.246 e. The Balaban J connectivity index is 1.64. The van der Waals surface area contributed by atoms with Crippen molar-refractivity contribution in [2.24, 2.45) is 5.73 Å². The van der Waals surface area contributed by atoms with E-state index in [-0.39, 0.29) is 12.8 Å². The molecule has 4 aromatic rings. The highest BCUT2D eigenvalue weighted by molar-refractivity contribution is 5.95. The normalized spacial score (nSPS) is 12.9. The molecule has 7 nitrogen and oxygen atoms in total. The molecule has 4 rings (SSSR count). The number of benzene rings is 4. The van der Waals surface area contributed by atoms with E-state index in [0.29, 0.717) is 24.9 Å². The first-order valence-electron chi connectivity index (χ1n) is 16.0. The van der Waals surface area contributed by atoms with E-state index in [4.69, 9.17) is 5.73 Å². The molecule has 0 aromatic heterocycles. The third-order valence-electron chi connectivity index (χ3n) is 8.33. The van der Waals surface area contributed by atoms with Crippen LogP contribution in [0.25, 0.3) is 10.8 Å². The standard InChI is InChI=1S/C39H44F2N4O3/c1-39(2,42)21-10-15-36(46)44(3)35(26-28-16-18-30-13-8-9-14-31(30)23-28)38(48)45(4)34(25-29-17-19-32(40)33(41)24-29)37(47)43-22-20-27-11-6-5-7-12-27/h5-19,23-24,34-35H,20-22,25-26,42H2,1-4H3,(H,43,47)/t34-,35-/m1/s1. The second-order valence-corrected chi connectivity index (χ2v) is 12.9. The molecule has 0 unspecified atom stereocenters. The van der Waals surface area contributed by atoms with Gasteiger partial charge in [-0.2, -0.15) is 0 Å². The highest BCUT2D eigenvalue weighted by atomic mass is 19.2. The van der Waals surface area contributed by atoms with Crippen LogP contribution in [0.1, 0.15) is 37.0 Å². The van der Waals surface area contributed by atoms with Gasteiger partial charge in [0.25, 0.3) is 0 Å². The Morgan fingerprint density at radius 1 is 0.771 bits per heavy atom.